The zero-order chi connectivity index (χ0) is 23.5. The van der Waals surface area contributed by atoms with Crippen molar-refractivity contribution in [3.05, 3.63) is 142 Å². The minimum absolute atomic E-state index is 0.172. The Morgan fingerprint density at radius 2 is 0.714 bits per heavy atom. The summed E-state index contributed by atoms with van der Waals surface area (Å²) in [6, 6.07) is 34.0. The molecule has 2 spiro atoms. The highest BCUT2D eigenvalue weighted by molar-refractivity contribution is 5.74. The molecule has 172 valence electrons. The SMILES string of the molecule is COC12c3ccccc3C3(OCOC34c3ccccc3C1(OC)c1ccccc14)c1ccccc12. The third kappa shape index (κ3) is 1.74. The molecule has 0 aromatic heterocycles. The van der Waals surface area contributed by atoms with E-state index in [9.17, 15) is 0 Å². The smallest absolute Gasteiger partial charge is 0.159 e. The Bertz CT molecular complexity index is 1330. The normalized spacial score (nSPS) is 32.6. The molecule has 1 saturated heterocycles. The maximum atomic E-state index is 6.89. The molecule has 7 aliphatic rings. The molecule has 6 aliphatic carbocycles. The lowest BCUT2D eigenvalue weighted by Crippen LogP contribution is -2.67. The molecular weight excluding hydrogens is 436 g/mol. The first kappa shape index (κ1) is 20.0. The molecule has 0 radical (unpaired) electrons. The standard InChI is InChI=1S/C31H24O4/c1-32-28-20-11-3-7-15-24(20)30(25-16-8-4-12-21(25)28)31(35-19-34-30)26-17-9-5-13-22(26)29(28,33-2)23-14-6-10-18-27(23)31/h3-18H,19H2,1-2H3. The van der Waals surface area contributed by atoms with E-state index in [-0.39, 0.29) is 6.79 Å². The van der Waals surface area contributed by atoms with Crippen molar-refractivity contribution in [2.45, 2.75) is 22.4 Å². The van der Waals surface area contributed by atoms with E-state index >= 15 is 0 Å². The molecular formula is C31H24O4. The van der Waals surface area contributed by atoms with Gasteiger partial charge in [0.05, 0.1) is 0 Å². The minimum atomic E-state index is -0.967. The molecule has 1 heterocycles. The fourth-order valence-electron chi connectivity index (χ4n) is 7.93. The second-order valence-electron chi connectivity index (χ2n) is 9.72. The zero-order valence-electron chi connectivity index (χ0n) is 19.6. The lowest BCUT2D eigenvalue weighted by atomic mass is 9.46. The second kappa shape index (κ2) is 6.28. The van der Waals surface area contributed by atoms with E-state index < -0.39 is 22.4 Å². The van der Waals surface area contributed by atoms with E-state index in [1.54, 1.807) is 14.2 Å². The van der Waals surface area contributed by atoms with Gasteiger partial charge in [0.25, 0.3) is 0 Å². The van der Waals surface area contributed by atoms with E-state index in [4.69, 9.17) is 18.9 Å². The molecule has 4 bridgehead atoms. The van der Waals surface area contributed by atoms with E-state index in [2.05, 4.69) is 97.1 Å². The van der Waals surface area contributed by atoms with Crippen molar-refractivity contribution in [1.82, 2.24) is 0 Å². The number of rotatable bonds is 2. The molecule has 1 aliphatic heterocycles. The largest absolute Gasteiger partial charge is 0.365 e. The van der Waals surface area contributed by atoms with Gasteiger partial charge in [0.1, 0.15) is 6.79 Å². The molecule has 4 aromatic carbocycles. The zero-order valence-corrected chi connectivity index (χ0v) is 19.6. The monoisotopic (exact) mass is 460 g/mol. The predicted molar refractivity (Wildman–Crippen MR) is 130 cm³/mol. The molecule has 35 heavy (non-hydrogen) atoms. The maximum Gasteiger partial charge on any atom is 0.159 e. The van der Waals surface area contributed by atoms with Gasteiger partial charge in [0.15, 0.2) is 22.4 Å². The van der Waals surface area contributed by atoms with Crippen LogP contribution >= 0.6 is 0 Å². The summed E-state index contributed by atoms with van der Waals surface area (Å²) < 4.78 is 27.4. The second-order valence-corrected chi connectivity index (χ2v) is 9.72. The Hall–Kier alpha value is -3.28. The average Bonchev–Trinajstić information content (AvgIpc) is 3.30. The van der Waals surface area contributed by atoms with Gasteiger partial charge in [0.2, 0.25) is 0 Å². The molecule has 4 nitrogen and oxygen atoms in total. The van der Waals surface area contributed by atoms with Crippen molar-refractivity contribution >= 4 is 0 Å². The van der Waals surface area contributed by atoms with Crippen LogP contribution in [0.3, 0.4) is 0 Å². The molecule has 0 saturated carbocycles. The van der Waals surface area contributed by atoms with Crippen LogP contribution in [0.15, 0.2) is 97.1 Å². The van der Waals surface area contributed by atoms with Gasteiger partial charge in [0, 0.05) is 14.2 Å². The number of ether oxygens (including phenoxy) is 4. The molecule has 4 aromatic rings. The van der Waals surface area contributed by atoms with Crippen molar-refractivity contribution in [2.24, 2.45) is 0 Å². The molecule has 0 amide bonds. The van der Waals surface area contributed by atoms with E-state index in [0.29, 0.717) is 0 Å². The molecule has 1 fully saturated rings. The van der Waals surface area contributed by atoms with Gasteiger partial charge < -0.3 is 18.9 Å². The first-order chi connectivity index (χ1) is 17.2. The topological polar surface area (TPSA) is 36.9 Å². The maximum absolute atomic E-state index is 6.89. The van der Waals surface area contributed by atoms with Crippen LogP contribution < -0.4 is 0 Å². The highest BCUT2D eigenvalue weighted by Gasteiger charge is 2.77. The van der Waals surface area contributed by atoms with Crippen molar-refractivity contribution in [3.63, 3.8) is 0 Å². The first-order valence-electron chi connectivity index (χ1n) is 12.0. The van der Waals surface area contributed by atoms with E-state index in [1.807, 2.05) is 0 Å². The summed E-state index contributed by atoms with van der Waals surface area (Å²) in [5.74, 6) is 0. The van der Waals surface area contributed by atoms with E-state index in [1.165, 1.54) is 0 Å². The van der Waals surface area contributed by atoms with Crippen LogP contribution in [0.2, 0.25) is 0 Å². The van der Waals surface area contributed by atoms with Crippen molar-refractivity contribution in [3.8, 4) is 0 Å². The van der Waals surface area contributed by atoms with Gasteiger partial charge in [-0.25, -0.2) is 0 Å². The summed E-state index contributed by atoms with van der Waals surface area (Å²) >= 11 is 0. The van der Waals surface area contributed by atoms with Gasteiger partial charge in [-0.1, -0.05) is 97.1 Å². The summed E-state index contributed by atoms with van der Waals surface area (Å²) in [6.45, 7) is 0.172. The molecule has 11 rings (SSSR count). The van der Waals surface area contributed by atoms with Crippen LogP contribution in [0, 0.1) is 0 Å². The summed E-state index contributed by atoms with van der Waals surface area (Å²) in [7, 11) is 3.60. The highest BCUT2D eigenvalue weighted by atomic mass is 16.7. The van der Waals surface area contributed by atoms with Crippen LogP contribution in [0.4, 0.5) is 0 Å². The van der Waals surface area contributed by atoms with Crippen molar-refractivity contribution in [1.29, 1.82) is 0 Å². The fourth-order valence-corrected chi connectivity index (χ4v) is 7.93. The van der Waals surface area contributed by atoms with E-state index in [0.717, 1.165) is 44.5 Å². The molecule has 0 atom stereocenters. The van der Waals surface area contributed by atoms with Gasteiger partial charge in [-0.05, 0) is 44.5 Å². The Morgan fingerprint density at radius 1 is 0.457 bits per heavy atom. The van der Waals surface area contributed by atoms with Gasteiger partial charge >= 0.3 is 0 Å². The Labute approximate surface area is 204 Å². The van der Waals surface area contributed by atoms with Gasteiger partial charge in [-0.15, -0.1) is 0 Å². The third-order valence-corrected chi connectivity index (χ3v) is 8.90. The van der Waals surface area contributed by atoms with Crippen LogP contribution in [0.5, 0.6) is 0 Å². The van der Waals surface area contributed by atoms with Gasteiger partial charge in [-0.2, -0.15) is 0 Å². The fraction of sp³-hybridized carbons (Fsp3) is 0.226. The number of methoxy groups -OCH3 is 2. The summed E-state index contributed by atoms with van der Waals surface area (Å²) in [6.07, 6.45) is 0. The summed E-state index contributed by atoms with van der Waals surface area (Å²) in [5, 5.41) is 0. The van der Waals surface area contributed by atoms with Crippen LogP contribution in [0.25, 0.3) is 0 Å². The van der Waals surface area contributed by atoms with Gasteiger partial charge in [-0.3, -0.25) is 0 Å². The quantitative estimate of drug-likeness (QED) is 0.407. The van der Waals surface area contributed by atoms with Crippen LogP contribution in [-0.2, 0) is 41.4 Å². The lowest BCUT2D eigenvalue weighted by Gasteiger charge is -2.64. The third-order valence-electron chi connectivity index (χ3n) is 8.90. The minimum Gasteiger partial charge on any atom is -0.365 e. The predicted octanol–water partition coefficient (Wildman–Crippen LogP) is 5.30. The molecule has 4 heteroatoms. The van der Waals surface area contributed by atoms with Crippen molar-refractivity contribution < 1.29 is 18.9 Å². The Balaban J connectivity index is 1.76. The number of hydrogen-bond acceptors (Lipinski definition) is 4. The van der Waals surface area contributed by atoms with Crippen molar-refractivity contribution in [2.75, 3.05) is 21.0 Å². The number of hydrogen-bond donors (Lipinski definition) is 0. The Morgan fingerprint density at radius 3 is 0.971 bits per heavy atom. The van der Waals surface area contributed by atoms with Crippen LogP contribution in [-0.4, -0.2) is 21.0 Å². The summed E-state index contributed by atoms with van der Waals surface area (Å²) in [5.41, 5.74) is 4.69. The molecule has 0 unspecified atom stereocenters. The van der Waals surface area contributed by atoms with Crippen LogP contribution in [0.1, 0.15) is 44.5 Å². The molecule has 0 N–H and O–H groups in total. The first-order valence-corrected chi connectivity index (χ1v) is 12.0. The lowest BCUT2D eigenvalue weighted by molar-refractivity contribution is -0.175. The average molecular weight is 461 g/mol. The Kier molecular flexibility index (Phi) is 3.58. The summed E-state index contributed by atoms with van der Waals surface area (Å²) in [4.78, 5) is 0. The highest BCUT2D eigenvalue weighted by Crippen LogP contribution is 2.74. The number of benzene rings is 4.